The number of ketones is 1. The smallest absolute Gasteiger partial charge is 0.282 e. The minimum absolute atomic E-state index is 0.0852. The van der Waals surface area contributed by atoms with Gasteiger partial charge in [0.1, 0.15) is 17.4 Å². The molecule has 0 fully saturated rings. The second kappa shape index (κ2) is 9.30. The van der Waals surface area contributed by atoms with Gasteiger partial charge >= 0.3 is 0 Å². The Morgan fingerprint density at radius 2 is 1.68 bits per heavy atom. The summed E-state index contributed by atoms with van der Waals surface area (Å²) in [6.07, 6.45) is -6.18. The van der Waals surface area contributed by atoms with Gasteiger partial charge < -0.3 is 5.32 Å². The van der Waals surface area contributed by atoms with E-state index in [1.165, 1.54) is 25.1 Å². The van der Waals surface area contributed by atoms with Crippen molar-refractivity contribution in [1.82, 2.24) is 9.78 Å². The van der Waals surface area contributed by atoms with Crippen LogP contribution in [0.3, 0.4) is 0 Å². The number of carbonyl (C=O) groups is 2. The van der Waals surface area contributed by atoms with Crippen molar-refractivity contribution in [2.75, 3.05) is 5.32 Å². The summed E-state index contributed by atoms with van der Waals surface area (Å²) < 4.78 is 52.9. The van der Waals surface area contributed by atoms with Gasteiger partial charge in [-0.2, -0.15) is 5.10 Å². The molecule has 1 N–H and O–H groups in total. The molecule has 0 bridgehead atoms. The van der Waals surface area contributed by atoms with Gasteiger partial charge in [-0.15, -0.1) is 0 Å². The van der Waals surface area contributed by atoms with Crippen molar-refractivity contribution in [3.05, 3.63) is 82.1 Å². The summed E-state index contributed by atoms with van der Waals surface area (Å²) in [6, 6.07) is 11.6. The van der Waals surface area contributed by atoms with Gasteiger partial charge in [0.25, 0.3) is 12.9 Å². The van der Waals surface area contributed by atoms with Gasteiger partial charge in [0.15, 0.2) is 5.78 Å². The highest BCUT2D eigenvalue weighted by atomic mass is 35.5. The number of amides is 1. The van der Waals surface area contributed by atoms with Gasteiger partial charge in [-0.3, -0.25) is 14.3 Å². The Kier molecular flexibility index (Phi) is 6.74. The maximum atomic E-state index is 13.3. The molecule has 1 aromatic heterocycles. The summed E-state index contributed by atoms with van der Waals surface area (Å²) in [7, 11) is 0. The number of carbonyl (C=O) groups excluding carboxylic acids is 2. The molecule has 5 nitrogen and oxygen atoms in total. The first-order chi connectivity index (χ1) is 14.7. The Bertz CT molecular complexity index is 1100. The van der Waals surface area contributed by atoms with E-state index in [2.05, 4.69) is 10.4 Å². The molecule has 31 heavy (non-hydrogen) atoms. The van der Waals surface area contributed by atoms with Crippen LogP contribution in [0.5, 0.6) is 0 Å². The lowest BCUT2D eigenvalue weighted by atomic mass is 10.0. The summed E-state index contributed by atoms with van der Waals surface area (Å²) >= 11 is 6.00. The fourth-order valence-corrected chi connectivity index (χ4v) is 3.09. The zero-order valence-electron chi connectivity index (χ0n) is 16.0. The van der Waals surface area contributed by atoms with Gasteiger partial charge in [0.2, 0.25) is 5.91 Å². The van der Waals surface area contributed by atoms with Crippen molar-refractivity contribution < 1.29 is 27.2 Å². The molecule has 10 heteroatoms. The number of hydrogen-bond donors (Lipinski definition) is 1. The van der Waals surface area contributed by atoms with Crippen LogP contribution in [0.2, 0.25) is 5.02 Å². The maximum Gasteiger partial charge on any atom is 0.282 e. The minimum Gasteiger partial charge on any atom is -0.324 e. The van der Waals surface area contributed by atoms with Crippen molar-refractivity contribution in [2.45, 2.75) is 25.8 Å². The molecule has 3 rings (SSSR count). The third-order valence-corrected chi connectivity index (χ3v) is 4.73. The highest BCUT2D eigenvalue weighted by molar-refractivity contribution is 6.31. The Hall–Kier alpha value is -3.20. The summed E-state index contributed by atoms with van der Waals surface area (Å²) in [5.41, 5.74) is -1.14. The molecule has 1 heterocycles. The van der Waals surface area contributed by atoms with Gasteiger partial charge in [-0.05, 0) is 31.2 Å². The molecule has 3 aromatic rings. The lowest BCUT2D eigenvalue weighted by molar-refractivity contribution is -0.119. The molecular formula is C21H16ClF4N3O2. The van der Waals surface area contributed by atoms with Crippen LogP contribution in [-0.4, -0.2) is 21.5 Å². The molecule has 1 unspecified atom stereocenters. The van der Waals surface area contributed by atoms with Crippen LogP contribution in [0.4, 0.5) is 23.2 Å². The number of hydrogen-bond acceptors (Lipinski definition) is 3. The number of nitrogens with one attached hydrogen (secondary N) is 1. The molecule has 0 aliphatic carbocycles. The average Bonchev–Trinajstić information content (AvgIpc) is 3.20. The molecule has 1 amide bonds. The second-order valence-corrected chi connectivity index (χ2v) is 7.03. The van der Waals surface area contributed by atoms with E-state index in [4.69, 9.17) is 11.6 Å². The monoisotopic (exact) mass is 453 g/mol. The van der Waals surface area contributed by atoms with Crippen molar-refractivity contribution in [3.63, 3.8) is 0 Å². The number of rotatable bonds is 7. The molecule has 162 valence electrons. The van der Waals surface area contributed by atoms with E-state index in [0.717, 1.165) is 0 Å². The van der Waals surface area contributed by atoms with Crippen molar-refractivity contribution >= 4 is 29.0 Å². The second-order valence-electron chi connectivity index (χ2n) is 6.59. The molecule has 1 atom stereocenters. The summed E-state index contributed by atoms with van der Waals surface area (Å²) in [5, 5.41) is 6.18. The van der Waals surface area contributed by atoms with E-state index in [9.17, 15) is 27.2 Å². The molecule has 0 aliphatic heterocycles. The van der Waals surface area contributed by atoms with Crippen LogP contribution in [0.25, 0.3) is 0 Å². The highest BCUT2D eigenvalue weighted by Gasteiger charge is 2.27. The standard InChI is InChI=1S/C21H16ClF4N3O2/c1-11(29-17(20(25)26)10-16(28-29)19(23)24)21(31)27-15-8-7-13(22)9-14(15)18(30)12-5-3-2-4-6-12/h2-11,19-20H,1H3,(H,27,31). The number of benzene rings is 2. The number of aromatic nitrogens is 2. The lowest BCUT2D eigenvalue weighted by Crippen LogP contribution is -2.26. The van der Waals surface area contributed by atoms with Crippen LogP contribution in [-0.2, 0) is 4.79 Å². The van der Waals surface area contributed by atoms with Crippen LogP contribution >= 0.6 is 11.6 Å². The average molecular weight is 454 g/mol. The Balaban J connectivity index is 1.91. The van der Waals surface area contributed by atoms with E-state index in [1.54, 1.807) is 30.3 Å². The van der Waals surface area contributed by atoms with E-state index in [0.29, 0.717) is 16.3 Å². The fraction of sp³-hybridized carbons (Fsp3) is 0.190. The number of anilines is 1. The summed E-state index contributed by atoms with van der Waals surface area (Å²) in [4.78, 5) is 25.6. The Labute approximate surface area is 179 Å². The third-order valence-electron chi connectivity index (χ3n) is 4.50. The van der Waals surface area contributed by atoms with Crippen LogP contribution in [0, 0.1) is 0 Å². The van der Waals surface area contributed by atoms with E-state index in [-0.39, 0.29) is 16.3 Å². The van der Waals surface area contributed by atoms with E-state index < -0.39 is 42.0 Å². The lowest BCUT2D eigenvalue weighted by Gasteiger charge is -2.17. The van der Waals surface area contributed by atoms with Gasteiger partial charge in [-0.1, -0.05) is 41.9 Å². The molecule has 0 saturated carbocycles. The van der Waals surface area contributed by atoms with Crippen LogP contribution in [0.1, 0.15) is 53.1 Å². The summed E-state index contributed by atoms with van der Waals surface area (Å²) in [6.45, 7) is 1.23. The SMILES string of the molecule is CC(C(=O)Nc1ccc(Cl)cc1C(=O)c1ccccc1)n1nc(C(F)F)cc1C(F)F. The first kappa shape index (κ1) is 22.5. The molecule has 0 aliphatic rings. The number of nitrogens with zero attached hydrogens (tertiary/aromatic N) is 2. The van der Waals surface area contributed by atoms with E-state index in [1.807, 2.05) is 0 Å². The van der Waals surface area contributed by atoms with Crippen LogP contribution in [0.15, 0.2) is 54.6 Å². The zero-order valence-corrected chi connectivity index (χ0v) is 16.8. The van der Waals surface area contributed by atoms with Crippen LogP contribution < -0.4 is 5.32 Å². The number of halogens is 5. The predicted molar refractivity (Wildman–Crippen MR) is 107 cm³/mol. The van der Waals surface area contributed by atoms with E-state index >= 15 is 0 Å². The molecule has 0 spiro atoms. The first-order valence-electron chi connectivity index (χ1n) is 9.04. The highest BCUT2D eigenvalue weighted by Crippen LogP contribution is 2.29. The minimum atomic E-state index is -3.11. The van der Waals surface area contributed by atoms with Gasteiger partial charge in [0.05, 0.1) is 5.69 Å². The molecule has 0 radical (unpaired) electrons. The first-order valence-corrected chi connectivity index (χ1v) is 9.42. The fourth-order valence-electron chi connectivity index (χ4n) is 2.92. The van der Waals surface area contributed by atoms with Crippen molar-refractivity contribution in [1.29, 1.82) is 0 Å². The van der Waals surface area contributed by atoms with Crippen molar-refractivity contribution in [2.24, 2.45) is 0 Å². The van der Waals surface area contributed by atoms with Gasteiger partial charge in [-0.25, -0.2) is 17.6 Å². The predicted octanol–water partition coefficient (Wildman–Crippen LogP) is 5.84. The van der Waals surface area contributed by atoms with Gasteiger partial charge in [0, 0.05) is 16.1 Å². The third kappa shape index (κ3) is 4.93. The molecule has 0 saturated heterocycles. The Morgan fingerprint density at radius 3 is 2.29 bits per heavy atom. The number of alkyl halides is 4. The largest absolute Gasteiger partial charge is 0.324 e. The topological polar surface area (TPSA) is 64.0 Å². The van der Waals surface area contributed by atoms with Crippen molar-refractivity contribution in [3.8, 4) is 0 Å². The molecule has 2 aromatic carbocycles. The molecular weight excluding hydrogens is 438 g/mol. The Morgan fingerprint density at radius 1 is 1.00 bits per heavy atom. The summed E-state index contributed by atoms with van der Waals surface area (Å²) in [5.74, 6) is -1.24. The quantitative estimate of drug-likeness (QED) is 0.361. The zero-order chi connectivity index (χ0) is 22.7. The normalized spacial score (nSPS) is 12.3. The maximum absolute atomic E-state index is 13.3.